The van der Waals surface area contributed by atoms with Crippen molar-refractivity contribution in [3.63, 3.8) is 0 Å². The lowest BCUT2D eigenvalue weighted by atomic mass is 9.48. The summed E-state index contributed by atoms with van der Waals surface area (Å²) >= 11 is 0. The van der Waals surface area contributed by atoms with Gasteiger partial charge in [0, 0.05) is 17.2 Å². The first-order chi connectivity index (χ1) is 19.0. The fourth-order valence-electron chi connectivity index (χ4n) is 7.82. The molecule has 0 spiro atoms. The number of carbonyl (C=O) groups excluding carboxylic acids is 1. The molecular formula is C35H38O4. The van der Waals surface area contributed by atoms with E-state index in [0.717, 1.165) is 45.9 Å². The second-order valence-electron chi connectivity index (χ2n) is 11.7. The monoisotopic (exact) mass is 522 g/mol. The van der Waals surface area contributed by atoms with Crippen molar-refractivity contribution in [1.29, 1.82) is 0 Å². The minimum absolute atomic E-state index is 0.186. The molecule has 0 unspecified atom stereocenters. The Kier molecular flexibility index (Phi) is 7.20. The van der Waals surface area contributed by atoms with E-state index < -0.39 is 0 Å². The Labute approximate surface area is 232 Å². The molecular weight excluding hydrogens is 484 g/mol. The van der Waals surface area contributed by atoms with Crippen LogP contribution in [0.4, 0.5) is 0 Å². The van der Waals surface area contributed by atoms with Gasteiger partial charge in [0.05, 0.1) is 13.7 Å². The summed E-state index contributed by atoms with van der Waals surface area (Å²) in [5, 5.41) is 0. The maximum atomic E-state index is 11.9. The van der Waals surface area contributed by atoms with Crippen LogP contribution in [0.2, 0.25) is 0 Å². The molecule has 0 aromatic heterocycles. The summed E-state index contributed by atoms with van der Waals surface area (Å²) in [7, 11) is 1.71. The minimum atomic E-state index is -0.334. The number of ether oxygens (including phenoxy) is 3. The smallest absolute Gasteiger partial charge is 0.330 e. The zero-order valence-corrected chi connectivity index (χ0v) is 23.0. The first-order valence-corrected chi connectivity index (χ1v) is 14.4. The molecule has 0 heterocycles. The van der Waals surface area contributed by atoms with Crippen LogP contribution in [0.25, 0.3) is 17.2 Å². The number of hydrogen-bond acceptors (Lipinski definition) is 4. The average molecular weight is 523 g/mol. The third-order valence-corrected chi connectivity index (χ3v) is 9.06. The van der Waals surface area contributed by atoms with Crippen molar-refractivity contribution in [3.8, 4) is 22.6 Å². The van der Waals surface area contributed by atoms with E-state index in [4.69, 9.17) is 14.2 Å². The Bertz CT molecular complexity index is 1320. The summed E-state index contributed by atoms with van der Waals surface area (Å²) < 4.78 is 17.4. The lowest BCUT2D eigenvalue weighted by Gasteiger charge is -2.57. The summed E-state index contributed by atoms with van der Waals surface area (Å²) in [5.41, 5.74) is 5.80. The van der Waals surface area contributed by atoms with E-state index in [2.05, 4.69) is 48.5 Å². The Balaban J connectivity index is 1.39. The van der Waals surface area contributed by atoms with E-state index in [1.165, 1.54) is 55.7 Å². The van der Waals surface area contributed by atoms with Crippen molar-refractivity contribution in [2.75, 3.05) is 13.7 Å². The Morgan fingerprint density at radius 2 is 1.59 bits per heavy atom. The van der Waals surface area contributed by atoms with Crippen molar-refractivity contribution in [1.82, 2.24) is 0 Å². The largest absolute Gasteiger partial charge is 0.496 e. The number of carbonyl (C=O) groups is 1. The predicted octanol–water partition coefficient (Wildman–Crippen LogP) is 7.99. The van der Waals surface area contributed by atoms with Crippen molar-refractivity contribution >= 4 is 12.0 Å². The van der Waals surface area contributed by atoms with Gasteiger partial charge in [-0.3, -0.25) is 0 Å². The van der Waals surface area contributed by atoms with Crippen molar-refractivity contribution in [2.45, 2.75) is 57.5 Å². The molecule has 3 aromatic rings. The molecule has 4 aliphatic carbocycles. The van der Waals surface area contributed by atoms with Gasteiger partial charge in [-0.05, 0) is 116 Å². The van der Waals surface area contributed by atoms with Gasteiger partial charge in [-0.1, -0.05) is 42.5 Å². The van der Waals surface area contributed by atoms with E-state index in [-0.39, 0.29) is 11.4 Å². The Morgan fingerprint density at radius 1 is 0.897 bits per heavy atom. The summed E-state index contributed by atoms with van der Waals surface area (Å²) in [6.07, 6.45) is 11.3. The molecule has 3 aromatic carbocycles. The van der Waals surface area contributed by atoms with E-state index >= 15 is 0 Å². The van der Waals surface area contributed by atoms with Crippen LogP contribution in [-0.4, -0.2) is 19.7 Å². The van der Waals surface area contributed by atoms with Crippen LogP contribution >= 0.6 is 0 Å². The molecule has 4 heteroatoms. The van der Waals surface area contributed by atoms with Crippen molar-refractivity contribution < 1.29 is 19.0 Å². The molecule has 0 radical (unpaired) electrons. The molecule has 7 rings (SSSR count). The predicted molar refractivity (Wildman–Crippen MR) is 155 cm³/mol. The minimum Gasteiger partial charge on any atom is -0.496 e. The fourth-order valence-corrected chi connectivity index (χ4v) is 7.82. The number of esters is 1. The second kappa shape index (κ2) is 10.9. The topological polar surface area (TPSA) is 44.8 Å². The number of benzene rings is 3. The van der Waals surface area contributed by atoms with Gasteiger partial charge in [-0.2, -0.15) is 0 Å². The first-order valence-electron chi connectivity index (χ1n) is 14.4. The fraction of sp³-hybridized carbons (Fsp3) is 0.400. The maximum Gasteiger partial charge on any atom is 0.330 e. The average Bonchev–Trinajstić information content (AvgIpc) is 2.95. The highest BCUT2D eigenvalue weighted by atomic mass is 16.5. The number of methoxy groups -OCH3 is 1. The van der Waals surface area contributed by atoms with Gasteiger partial charge in [-0.15, -0.1) is 0 Å². The molecule has 39 heavy (non-hydrogen) atoms. The molecule has 0 N–H and O–H groups in total. The van der Waals surface area contributed by atoms with Crippen LogP contribution < -0.4 is 9.47 Å². The highest BCUT2D eigenvalue weighted by molar-refractivity contribution is 5.87. The quantitative estimate of drug-likeness (QED) is 0.211. The van der Waals surface area contributed by atoms with Gasteiger partial charge >= 0.3 is 5.97 Å². The van der Waals surface area contributed by atoms with Gasteiger partial charge in [-0.25, -0.2) is 4.79 Å². The molecule has 4 aliphatic rings. The zero-order valence-electron chi connectivity index (χ0n) is 23.0. The van der Waals surface area contributed by atoms with E-state index in [1.54, 1.807) is 13.2 Å². The van der Waals surface area contributed by atoms with E-state index in [9.17, 15) is 4.79 Å². The van der Waals surface area contributed by atoms with Gasteiger partial charge in [0.2, 0.25) is 0 Å². The van der Waals surface area contributed by atoms with Crippen LogP contribution in [0.15, 0.2) is 72.8 Å². The highest BCUT2D eigenvalue weighted by Crippen LogP contribution is 2.62. The Morgan fingerprint density at radius 3 is 2.26 bits per heavy atom. The first kappa shape index (κ1) is 25.7. The van der Waals surface area contributed by atoms with Crippen molar-refractivity contribution in [3.05, 3.63) is 89.5 Å². The third-order valence-electron chi connectivity index (χ3n) is 9.06. The molecule has 0 atom stereocenters. The summed E-state index contributed by atoms with van der Waals surface area (Å²) in [4.78, 5) is 11.9. The molecule has 0 saturated heterocycles. The Hall–Kier alpha value is -3.53. The SMILES string of the molecule is CCOC(=O)C=Cc1ccc(OC)c(-c2ccc(OCc3ccccc3)c(C34CC5CC(CC(C5)C3)C4)c2)c1. The van der Waals surface area contributed by atoms with Crippen molar-refractivity contribution in [2.24, 2.45) is 17.8 Å². The van der Waals surface area contributed by atoms with Gasteiger partial charge in [0.25, 0.3) is 0 Å². The van der Waals surface area contributed by atoms with E-state index in [1.807, 2.05) is 25.1 Å². The van der Waals surface area contributed by atoms with Gasteiger partial charge in [0.15, 0.2) is 0 Å². The van der Waals surface area contributed by atoms with Crippen LogP contribution in [0, 0.1) is 17.8 Å². The number of hydrogen-bond donors (Lipinski definition) is 0. The summed E-state index contributed by atoms with van der Waals surface area (Å²) in [6.45, 7) is 2.74. The van der Waals surface area contributed by atoms with E-state index in [0.29, 0.717) is 13.2 Å². The lowest BCUT2D eigenvalue weighted by molar-refractivity contribution is -0.137. The molecule has 4 bridgehead atoms. The molecule has 4 saturated carbocycles. The molecule has 4 fully saturated rings. The van der Waals surface area contributed by atoms with Crippen LogP contribution in [0.3, 0.4) is 0 Å². The lowest BCUT2D eigenvalue weighted by Crippen LogP contribution is -2.48. The molecule has 0 aliphatic heterocycles. The zero-order chi connectivity index (χ0) is 26.8. The standard InChI is InChI=1S/C35H38O4/c1-3-38-34(36)14-10-24-9-12-32(37-2)30(18-24)29-11-13-33(39-23-25-7-5-4-6-8-25)31(19-29)35-20-26-15-27(21-35)17-28(16-26)22-35/h4-14,18-19,26-28H,3,15-17,20-23H2,1-2H3. The molecule has 4 nitrogen and oxygen atoms in total. The maximum absolute atomic E-state index is 11.9. The highest BCUT2D eigenvalue weighted by Gasteiger charge is 2.52. The summed E-state index contributed by atoms with van der Waals surface area (Å²) in [5.74, 6) is 4.02. The third kappa shape index (κ3) is 5.34. The summed E-state index contributed by atoms with van der Waals surface area (Å²) in [6, 6.07) is 23.2. The van der Waals surface area contributed by atoms with Crippen LogP contribution in [0.1, 0.15) is 62.1 Å². The normalized spacial score (nSPS) is 25.1. The van der Waals surface area contributed by atoms with Crippen LogP contribution in [-0.2, 0) is 21.6 Å². The van der Waals surface area contributed by atoms with Crippen LogP contribution in [0.5, 0.6) is 11.5 Å². The molecule has 202 valence electrons. The second-order valence-corrected chi connectivity index (χ2v) is 11.7. The number of rotatable bonds is 9. The molecule has 0 amide bonds. The van der Waals surface area contributed by atoms with Gasteiger partial charge in [0.1, 0.15) is 18.1 Å². The van der Waals surface area contributed by atoms with Gasteiger partial charge < -0.3 is 14.2 Å².